The molecule has 0 aliphatic carbocycles. The summed E-state index contributed by atoms with van der Waals surface area (Å²) in [4.78, 5) is 36.1. The van der Waals surface area contributed by atoms with Crippen LogP contribution in [0, 0.1) is 20.2 Å². The van der Waals surface area contributed by atoms with E-state index in [0.29, 0.717) is 44.6 Å². The molecule has 0 saturated heterocycles. The quantitative estimate of drug-likeness (QED) is 0.0934. The number of rotatable bonds is 8. The van der Waals surface area contributed by atoms with E-state index in [0.717, 1.165) is 22.5 Å². The van der Waals surface area contributed by atoms with Gasteiger partial charge in [-0.05, 0) is 58.7 Å². The molecule has 0 N–H and O–H groups in total. The lowest BCUT2D eigenvalue weighted by atomic mass is 10.0. The van der Waals surface area contributed by atoms with Crippen molar-refractivity contribution >= 4 is 43.2 Å². The highest BCUT2D eigenvalue weighted by Gasteiger charge is 2.14. The molecule has 3 aromatic heterocycles. The van der Waals surface area contributed by atoms with E-state index in [2.05, 4.69) is 31.9 Å². The molecule has 11 heteroatoms. The molecule has 0 saturated carbocycles. The smallest absolute Gasteiger partial charge is 0.258 e. The summed E-state index contributed by atoms with van der Waals surface area (Å²) in [6.45, 7) is 0. The normalized spacial score (nSPS) is 10.8. The Morgan fingerprint density at radius 3 is 1.35 bits per heavy atom. The molecule has 0 atom stereocenters. The van der Waals surface area contributed by atoms with Crippen molar-refractivity contribution in [3.05, 3.63) is 123 Å². The molecule has 0 aliphatic heterocycles. The van der Waals surface area contributed by atoms with Gasteiger partial charge < -0.3 is 0 Å². The van der Waals surface area contributed by atoms with Crippen molar-refractivity contribution in [3.8, 4) is 45.0 Å². The second-order valence-corrected chi connectivity index (χ2v) is 9.88. The van der Waals surface area contributed by atoms with Gasteiger partial charge in [-0.3, -0.25) is 30.2 Å². The molecule has 3 heterocycles. The molecule has 5 rings (SSSR count). The Hall–Kier alpha value is -4.35. The van der Waals surface area contributed by atoms with Crippen molar-refractivity contribution in [3.63, 3.8) is 0 Å². The van der Waals surface area contributed by atoms with Crippen LogP contribution in [0.3, 0.4) is 0 Å². The Kier molecular flexibility index (Phi) is 8.04. The number of nitro groups is 2. The van der Waals surface area contributed by atoms with E-state index in [1.165, 1.54) is 24.3 Å². The summed E-state index contributed by atoms with van der Waals surface area (Å²) in [6.07, 6.45) is 0. The molecule has 0 fully saturated rings. The van der Waals surface area contributed by atoms with Gasteiger partial charge in [-0.15, -0.1) is 0 Å². The van der Waals surface area contributed by atoms with Gasteiger partial charge in [-0.25, -0.2) is 4.98 Å². The van der Waals surface area contributed by atoms with Crippen molar-refractivity contribution < 1.29 is 9.85 Å². The molecule has 0 radical (unpaired) electrons. The number of nitrogens with zero attached hydrogens (tertiary/aromatic N) is 5. The van der Waals surface area contributed by atoms with E-state index in [1.807, 2.05) is 54.6 Å². The zero-order chi connectivity index (χ0) is 28.2. The zero-order valence-corrected chi connectivity index (χ0v) is 23.9. The average Bonchev–Trinajstić information content (AvgIpc) is 3.00. The monoisotopic (exact) mass is 659 g/mol. The summed E-state index contributed by atoms with van der Waals surface area (Å²) < 4.78 is 0. The molecule has 0 aliphatic rings. The van der Waals surface area contributed by atoms with Gasteiger partial charge in [0, 0.05) is 34.9 Å². The molecule has 2 aromatic carbocycles. The minimum atomic E-state index is -0.419. The SMILES string of the molecule is O=[N+]([O-])c1cccc(-c2cc(CBr)nc(-c3cccc(-c4cc(-c5cccc([N+](=O)[O-])c5)cc(CBr)n4)n3)c2)c1. The van der Waals surface area contributed by atoms with E-state index < -0.39 is 9.85 Å². The third-order valence-corrected chi connectivity index (χ3v) is 7.23. The fourth-order valence-corrected chi connectivity index (χ4v) is 4.80. The first kappa shape index (κ1) is 27.2. The number of pyridine rings is 3. The van der Waals surface area contributed by atoms with Crippen LogP contribution in [0.4, 0.5) is 11.4 Å². The Morgan fingerprint density at radius 2 is 0.950 bits per heavy atom. The third kappa shape index (κ3) is 5.95. The molecule has 9 nitrogen and oxygen atoms in total. The second-order valence-electron chi connectivity index (χ2n) is 8.76. The summed E-state index contributed by atoms with van der Waals surface area (Å²) in [5.74, 6) is 0. The number of benzene rings is 2. The van der Waals surface area contributed by atoms with Gasteiger partial charge in [0.15, 0.2) is 0 Å². The third-order valence-electron chi connectivity index (χ3n) is 6.09. The van der Waals surface area contributed by atoms with Gasteiger partial charge in [0.2, 0.25) is 0 Å². The minimum Gasteiger partial charge on any atom is -0.258 e. The van der Waals surface area contributed by atoms with Crippen molar-refractivity contribution in [2.75, 3.05) is 0 Å². The molecule has 198 valence electrons. The molecular formula is C29H19Br2N5O4. The number of hydrogen-bond donors (Lipinski definition) is 0. The predicted molar refractivity (Wildman–Crippen MR) is 160 cm³/mol. The van der Waals surface area contributed by atoms with Gasteiger partial charge in [0.1, 0.15) is 0 Å². The van der Waals surface area contributed by atoms with Gasteiger partial charge in [-0.2, -0.15) is 0 Å². The van der Waals surface area contributed by atoms with Gasteiger partial charge >= 0.3 is 0 Å². The van der Waals surface area contributed by atoms with Gasteiger partial charge in [-0.1, -0.05) is 62.2 Å². The van der Waals surface area contributed by atoms with Gasteiger partial charge in [0.05, 0.1) is 44.0 Å². The van der Waals surface area contributed by atoms with Crippen LogP contribution in [0.5, 0.6) is 0 Å². The van der Waals surface area contributed by atoms with Crippen molar-refractivity contribution in [2.45, 2.75) is 10.7 Å². The van der Waals surface area contributed by atoms with E-state index in [-0.39, 0.29) is 11.4 Å². The van der Waals surface area contributed by atoms with E-state index in [9.17, 15) is 20.2 Å². The molecule has 0 amide bonds. The first-order valence-corrected chi connectivity index (χ1v) is 14.2. The lowest BCUT2D eigenvalue weighted by molar-refractivity contribution is -0.385. The number of aromatic nitrogens is 3. The molecular weight excluding hydrogens is 642 g/mol. The van der Waals surface area contributed by atoms with Crippen LogP contribution in [0.1, 0.15) is 11.4 Å². The summed E-state index contributed by atoms with van der Waals surface area (Å²) in [6, 6.07) is 26.0. The van der Waals surface area contributed by atoms with Crippen LogP contribution >= 0.6 is 31.9 Å². The lowest BCUT2D eigenvalue weighted by Crippen LogP contribution is -1.97. The average molecular weight is 661 g/mol. The van der Waals surface area contributed by atoms with Crippen LogP contribution in [0.15, 0.2) is 91.0 Å². The largest absolute Gasteiger partial charge is 0.270 e. The minimum absolute atomic E-state index is 0.00803. The maximum absolute atomic E-state index is 11.3. The van der Waals surface area contributed by atoms with Crippen LogP contribution < -0.4 is 0 Å². The van der Waals surface area contributed by atoms with Crippen LogP contribution in [0.25, 0.3) is 45.0 Å². The summed E-state index contributed by atoms with van der Waals surface area (Å²) in [7, 11) is 0. The van der Waals surface area contributed by atoms with Crippen LogP contribution in [0.2, 0.25) is 0 Å². The number of halogens is 2. The Labute approximate surface area is 245 Å². The summed E-state index contributed by atoms with van der Waals surface area (Å²) >= 11 is 6.94. The molecule has 0 unspecified atom stereocenters. The predicted octanol–water partition coefficient (Wildman–Crippen LogP) is 8.15. The van der Waals surface area contributed by atoms with Crippen molar-refractivity contribution in [1.82, 2.24) is 15.0 Å². The Morgan fingerprint density at radius 1 is 0.525 bits per heavy atom. The van der Waals surface area contributed by atoms with Crippen molar-refractivity contribution in [1.29, 1.82) is 0 Å². The van der Waals surface area contributed by atoms with E-state index >= 15 is 0 Å². The highest BCUT2D eigenvalue weighted by Crippen LogP contribution is 2.31. The topological polar surface area (TPSA) is 125 Å². The molecule has 5 aromatic rings. The molecule has 0 spiro atoms. The highest BCUT2D eigenvalue weighted by molar-refractivity contribution is 9.08. The zero-order valence-electron chi connectivity index (χ0n) is 20.7. The maximum Gasteiger partial charge on any atom is 0.270 e. The summed E-state index contributed by atoms with van der Waals surface area (Å²) in [5, 5.41) is 23.6. The summed E-state index contributed by atoms with van der Waals surface area (Å²) in [5.41, 5.74) is 6.90. The number of nitro benzene ring substituents is 2. The van der Waals surface area contributed by atoms with E-state index in [4.69, 9.17) is 15.0 Å². The maximum atomic E-state index is 11.3. The van der Waals surface area contributed by atoms with E-state index in [1.54, 1.807) is 12.1 Å². The number of hydrogen-bond acceptors (Lipinski definition) is 7. The number of non-ortho nitro benzene ring substituents is 2. The fraction of sp³-hybridized carbons (Fsp3) is 0.0690. The van der Waals surface area contributed by atoms with Gasteiger partial charge in [0.25, 0.3) is 11.4 Å². The fourth-order valence-electron chi connectivity index (χ4n) is 4.23. The molecule has 0 bridgehead atoms. The number of alkyl halides is 2. The van der Waals surface area contributed by atoms with Crippen LogP contribution in [-0.4, -0.2) is 24.8 Å². The van der Waals surface area contributed by atoms with Crippen LogP contribution in [-0.2, 0) is 10.7 Å². The first-order chi connectivity index (χ1) is 19.3. The molecule has 40 heavy (non-hydrogen) atoms. The Bertz CT molecular complexity index is 1640. The highest BCUT2D eigenvalue weighted by atomic mass is 79.9. The van der Waals surface area contributed by atoms with Crippen molar-refractivity contribution in [2.24, 2.45) is 0 Å². The first-order valence-electron chi connectivity index (χ1n) is 12.0. The second kappa shape index (κ2) is 11.8. The lowest BCUT2D eigenvalue weighted by Gasteiger charge is -2.11. The standard InChI is InChI=1S/C29H19Br2N5O4/c30-16-22-10-20(18-4-1-6-24(12-18)35(37)38)14-28(32-22)26-8-3-9-27(34-26)29-15-21(11-23(17-31)33-29)19-5-2-7-25(13-19)36(39)40/h1-15H,16-17H2. The Balaban J connectivity index is 1.58.